The van der Waals surface area contributed by atoms with Crippen molar-refractivity contribution >= 4 is 22.9 Å². The van der Waals surface area contributed by atoms with E-state index in [1.807, 2.05) is 42.5 Å². The summed E-state index contributed by atoms with van der Waals surface area (Å²) in [6.45, 7) is 0. The van der Waals surface area contributed by atoms with Crippen LogP contribution < -0.4 is 5.43 Å². The SMILES string of the molecule is O=C(N/N=C/c1cccc2ccccc12)c1ccccc1C(F)(F)F. The number of benzene rings is 3. The molecule has 3 nitrogen and oxygen atoms in total. The minimum absolute atomic E-state index is 0.468. The molecule has 0 heterocycles. The Hall–Kier alpha value is -3.15. The van der Waals surface area contributed by atoms with Gasteiger partial charge in [0.1, 0.15) is 0 Å². The van der Waals surface area contributed by atoms with Crippen LogP contribution in [-0.2, 0) is 6.18 Å². The first-order valence-corrected chi connectivity index (χ1v) is 7.44. The van der Waals surface area contributed by atoms with Crippen LogP contribution in [0.5, 0.6) is 0 Å². The van der Waals surface area contributed by atoms with Gasteiger partial charge in [-0.2, -0.15) is 18.3 Å². The zero-order valence-corrected chi connectivity index (χ0v) is 12.9. The summed E-state index contributed by atoms with van der Waals surface area (Å²) >= 11 is 0. The zero-order chi connectivity index (χ0) is 17.9. The first-order chi connectivity index (χ1) is 12.0. The lowest BCUT2D eigenvalue weighted by molar-refractivity contribution is -0.137. The first-order valence-electron chi connectivity index (χ1n) is 7.44. The van der Waals surface area contributed by atoms with Crippen molar-refractivity contribution in [3.05, 3.63) is 83.4 Å². The third kappa shape index (κ3) is 3.68. The Morgan fingerprint density at radius 3 is 2.40 bits per heavy atom. The maximum Gasteiger partial charge on any atom is 0.417 e. The van der Waals surface area contributed by atoms with E-state index in [-0.39, 0.29) is 0 Å². The highest BCUT2D eigenvalue weighted by Gasteiger charge is 2.34. The van der Waals surface area contributed by atoms with Gasteiger partial charge in [-0.25, -0.2) is 5.43 Å². The molecule has 1 amide bonds. The van der Waals surface area contributed by atoms with Gasteiger partial charge in [0, 0.05) is 5.56 Å². The van der Waals surface area contributed by atoms with Gasteiger partial charge in [0.15, 0.2) is 0 Å². The Balaban J connectivity index is 1.82. The van der Waals surface area contributed by atoms with E-state index < -0.39 is 23.2 Å². The molecule has 1 N–H and O–H groups in total. The highest BCUT2D eigenvalue weighted by molar-refractivity contribution is 6.01. The number of hydrogen-bond donors (Lipinski definition) is 1. The minimum atomic E-state index is -4.60. The number of alkyl halides is 3. The van der Waals surface area contributed by atoms with E-state index in [1.165, 1.54) is 18.3 Å². The number of hydrogen-bond acceptors (Lipinski definition) is 2. The van der Waals surface area contributed by atoms with Crippen molar-refractivity contribution in [2.24, 2.45) is 5.10 Å². The third-order valence-electron chi connectivity index (χ3n) is 3.67. The predicted molar refractivity (Wildman–Crippen MR) is 90.5 cm³/mol. The molecule has 0 aromatic heterocycles. The molecule has 0 spiro atoms. The lowest BCUT2D eigenvalue weighted by Gasteiger charge is -2.11. The van der Waals surface area contributed by atoms with Crippen LogP contribution in [0, 0.1) is 0 Å². The van der Waals surface area contributed by atoms with Gasteiger partial charge in [0.05, 0.1) is 17.3 Å². The van der Waals surface area contributed by atoms with E-state index in [2.05, 4.69) is 10.5 Å². The fraction of sp³-hybridized carbons (Fsp3) is 0.0526. The standard InChI is InChI=1S/C19H13F3N2O/c20-19(21,22)17-11-4-3-10-16(17)18(25)24-23-12-14-8-5-7-13-6-1-2-9-15(13)14/h1-12H,(H,24,25)/b23-12+. The highest BCUT2D eigenvalue weighted by atomic mass is 19.4. The molecule has 126 valence electrons. The molecule has 3 rings (SSSR count). The Morgan fingerprint density at radius 1 is 0.920 bits per heavy atom. The number of hydrazone groups is 1. The van der Waals surface area contributed by atoms with Crippen molar-refractivity contribution in [3.63, 3.8) is 0 Å². The first kappa shape index (κ1) is 16.7. The van der Waals surface area contributed by atoms with Crippen molar-refractivity contribution in [1.29, 1.82) is 0 Å². The van der Waals surface area contributed by atoms with Gasteiger partial charge in [-0.15, -0.1) is 0 Å². The summed E-state index contributed by atoms with van der Waals surface area (Å²) in [7, 11) is 0. The molecule has 25 heavy (non-hydrogen) atoms. The van der Waals surface area contributed by atoms with E-state index in [9.17, 15) is 18.0 Å². The van der Waals surface area contributed by atoms with E-state index in [0.717, 1.165) is 28.5 Å². The maximum absolute atomic E-state index is 13.0. The van der Waals surface area contributed by atoms with Crippen LogP contribution in [0.4, 0.5) is 13.2 Å². The molecule has 0 radical (unpaired) electrons. The van der Waals surface area contributed by atoms with Gasteiger partial charge >= 0.3 is 6.18 Å². The van der Waals surface area contributed by atoms with Gasteiger partial charge in [0.2, 0.25) is 0 Å². The average molecular weight is 342 g/mol. The van der Waals surface area contributed by atoms with Crippen molar-refractivity contribution in [2.45, 2.75) is 6.18 Å². The summed E-state index contributed by atoms with van der Waals surface area (Å²) < 4.78 is 38.9. The number of nitrogens with one attached hydrogen (secondary N) is 1. The molecule has 0 aliphatic rings. The van der Waals surface area contributed by atoms with Crippen LogP contribution in [0.15, 0.2) is 71.8 Å². The fourth-order valence-electron chi connectivity index (χ4n) is 2.51. The number of halogens is 3. The molecule has 0 fully saturated rings. The van der Waals surface area contributed by atoms with E-state index in [1.54, 1.807) is 0 Å². The Morgan fingerprint density at radius 2 is 1.60 bits per heavy atom. The van der Waals surface area contributed by atoms with Crippen LogP contribution in [0.3, 0.4) is 0 Å². The van der Waals surface area contributed by atoms with E-state index in [4.69, 9.17) is 0 Å². The van der Waals surface area contributed by atoms with Gasteiger partial charge in [0.25, 0.3) is 5.91 Å². The average Bonchev–Trinajstić information content (AvgIpc) is 2.61. The quantitative estimate of drug-likeness (QED) is 0.547. The van der Waals surface area contributed by atoms with Gasteiger partial charge < -0.3 is 0 Å². The normalized spacial score (nSPS) is 11.8. The molecule has 0 saturated carbocycles. The van der Waals surface area contributed by atoms with Gasteiger partial charge in [-0.1, -0.05) is 54.6 Å². The van der Waals surface area contributed by atoms with Crippen molar-refractivity contribution in [3.8, 4) is 0 Å². The lowest BCUT2D eigenvalue weighted by atomic mass is 10.1. The van der Waals surface area contributed by atoms with Crippen molar-refractivity contribution in [1.82, 2.24) is 5.43 Å². The molecule has 0 unspecified atom stereocenters. The number of fused-ring (bicyclic) bond motifs is 1. The van der Waals surface area contributed by atoms with Gasteiger partial charge in [-0.05, 0) is 22.9 Å². The lowest BCUT2D eigenvalue weighted by Crippen LogP contribution is -2.22. The molecule has 0 aliphatic carbocycles. The number of carbonyl (C=O) groups is 1. The number of nitrogens with zero attached hydrogens (tertiary/aromatic N) is 1. The van der Waals surface area contributed by atoms with Crippen LogP contribution in [0.1, 0.15) is 21.5 Å². The predicted octanol–water partition coefficient (Wildman–Crippen LogP) is 4.62. The highest BCUT2D eigenvalue weighted by Crippen LogP contribution is 2.31. The second-order valence-corrected chi connectivity index (χ2v) is 5.31. The summed E-state index contributed by atoms with van der Waals surface area (Å²) in [5.41, 5.74) is 1.45. The van der Waals surface area contributed by atoms with Crippen LogP contribution in [0.25, 0.3) is 10.8 Å². The summed E-state index contributed by atoms with van der Waals surface area (Å²) in [4.78, 5) is 12.0. The molecule has 0 saturated heterocycles. The fourth-order valence-corrected chi connectivity index (χ4v) is 2.51. The summed E-state index contributed by atoms with van der Waals surface area (Å²) in [5.74, 6) is -0.913. The largest absolute Gasteiger partial charge is 0.417 e. The Kier molecular flexibility index (Phi) is 4.52. The van der Waals surface area contributed by atoms with Crippen LogP contribution in [0.2, 0.25) is 0 Å². The Labute approximate surface area is 141 Å². The smallest absolute Gasteiger partial charge is 0.267 e. The van der Waals surface area contributed by atoms with Crippen molar-refractivity contribution < 1.29 is 18.0 Å². The van der Waals surface area contributed by atoms with Gasteiger partial charge in [-0.3, -0.25) is 4.79 Å². The van der Waals surface area contributed by atoms with Crippen LogP contribution >= 0.6 is 0 Å². The molecule has 0 atom stereocenters. The van der Waals surface area contributed by atoms with Crippen LogP contribution in [-0.4, -0.2) is 12.1 Å². The van der Waals surface area contributed by atoms with Crippen molar-refractivity contribution in [2.75, 3.05) is 0 Å². The summed E-state index contributed by atoms with van der Waals surface area (Å²) in [6.07, 6.45) is -3.19. The molecular weight excluding hydrogens is 329 g/mol. The summed E-state index contributed by atoms with van der Waals surface area (Å²) in [5, 5.41) is 5.73. The second-order valence-electron chi connectivity index (χ2n) is 5.31. The maximum atomic E-state index is 13.0. The Bertz CT molecular complexity index is 943. The third-order valence-corrected chi connectivity index (χ3v) is 3.67. The monoisotopic (exact) mass is 342 g/mol. The molecular formula is C19H13F3N2O. The molecule has 0 aliphatic heterocycles. The number of rotatable bonds is 3. The molecule has 3 aromatic rings. The number of amides is 1. The minimum Gasteiger partial charge on any atom is -0.267 e. The molecule has 3 aromatic carbocycles. The van der Waals surface area contributed by atoms with E-state index in [0.29, 0.717) is 0 Å². The zero-order valence-electron chi connectivity index (χ0n) is 12.9. The number of carbonyl (C=O) groups excluding carboxylic acids is 1. The molecule has 6 heteroatoms. The summed E-state index contributed by atoms with van der Waals surface area (Å²) in [6, 6.07) is 17.8. The second kappa shape index (κ2) is 6.76. The molecule has 0 bridgehead atoms. The topological polar surface area (TPSA) is 41.5 Å². The van der Waals surface area contributed by atoms with E-state index >= 15 is 0 Å².